The molecule has 3 heteroatoms. The molecule has 17 heavy (non-hydrogen) atoms. The number of rotatable bonds is 2. The Morgan fingerprint density at radius 1 is 1.35 bits per heavy atom. The van der Waals surface area contributed by atoms with Crippen LogP contribution in [-0.2, 0) is 11.3 Å². The highest BCUT2D eigenvalue weighted by molar-refractivity contribution is 5.32. The minimum atomic E-state index is 0.420. The molecule has 1 fully saturated rings. The Morgan fingerprint density at radius 2 is 2.24 bits per heavy atom. The number of nitrogens with one attached hydrogen (secondary N) is 1. The summed E-state index contributed by atoms with van der Waals surface area (Å²) in [5, 5.41) is 3.52. The van der Waals surface area contributed by atoms with Crippen LogP contribution in [0, 0.1) is 0 Å². The zero-order valence-corrected chi connectivity index (χ0v) is 10.4. The van der Waals surface area contributed by atoms with Crippen LogP contribution in [0.15, 0.2) is 24.3 Å². The Balaban J connectivity index is 1.81. The fourth-order valence-electron chi connectivity index (χ4n) is 3.03. The van der Waals surface area contributed by atoms with Gasteiger partial charge in [0.15, 0.2) is 0 Å². The van der Waals surface area contributed by atoms with Crippen LogP contribution in [0.2, 0.25) is 0 Å². The van der Waals surface area contributed by atoms with Gasteiger partial charge >= 0.3 is 0 Å². The number of benzene rings is 1. The first-order chi connectivity index (χ1) is 8.38. The van der Waals surface area contributed by atoms with Crippen molar-refractivity contribution < 1.29 is 4.74 Å². The third-order valence-corrected chi connectivity index (χ3v) is 4.02. The Hall–Kier alpha value is -0.900. The molecule has 0 bridgehead atoms. The van der Waals surface area contributed by atoms with E-state index in [2.05, 4.69) is 34.5 Å². The van der Waals surface area contributed by atoms with Gasteiger partial charge in [-0.1, -0.05) is 24.3 Å². The summed E-state index contributed by atoms with van der Waals surface area (Å²) in [5.41, 5.74) is 2.95. The first-order valence-electron chi connectivity index (χ1n) is 6.44. The lowest BCUT2D eigenvalue weighted by Crippen LogP contribution is -2.39. The second-order valence-electron chi connectivity index (χ2n) is 4.99. The lowest BCUT2D eigenvalue weighted by molar-refractivity contribution is 0.0996. The van der Waals surface area contributed by atoms with Crippen LogP contribution in [0.3, 0.4) is 0 Å². The molecule has 2 aliphatic heterocycles. The van der Waals surface area contributed by atoms with E-state index in [1.54, 1.807) is 0 Å². The van der Waals surface area contributed by atoms with Gasteiger partial charge in [0, 0.05) is 39.3 Å². The van der Waals surface area contributed by atoms with Crippen LogP contribution in [0.5, 0.6) is 0 Å². The maximum atomic E-state index is 5.46. The van der Waals surface area contributed by atoms with Gasteiger partial charge in [-0.3, -0.25) is 4.90 Å². The number of hydrogen-bond donors (Lipinski definition) is 1. The van der Waals surface area contributed by atoms with Gasteiger partial charge in [0.05, 0.1) is 6.10 Å². The van der Waals surface area contributed by atoms with Crippen LogP contribution in [0.25, 0.3) is 0 Å². The number of likely N-dealkylation sites (tertiary alicyclic amines) is 1. The molecule has 0 amide bonds. The molecule has 0 aliphatic carbocycles. The highest BCUT2D eigenvalue weighted by atomic mass is 16.5. The highest BCUT2D eigenvalue weighted by Gasteiger charge is 2.31. The van der Waals surface area contributed by atoms with Gasteiger partial charge in [-0.2, -0.15) is 0 Å². The Bertz CT molecular complexity index is 394. The zero-order valence-electron chi connectivity index (χ0n) is 10.4. The Morgan fingerprint density at radius 3 is 3.06 bits per heavy atom. The van der Waals surface area contributed by atoms with Crippen molar-refractivity contribution in [3.8, 4) is 0 Å². The molecule has 2 unspecified atom stereocenters. The molecular formula is C14H20N2O. The average molecular weight is 232 g/mol. The van der Waals surface area contributed by atoms with Crippen molar-refractivity contribution in [2.45, 2.75) is 25.1 Å². The monoisotopic (exact) mass is 232 g/mol. The minimum absolute atomic E-state index is 0.420. The maximum absolute atomic E-state index is 5.46. The van der Waals surface area contributed by atoms with E-state index in [9.17, 15) is 0 Å². The third-order valence-electron chi connectivity index (χ3n) is 4.02. The molecule has 2 aliphatic rings. The Kier molecular flexibility index (Phi) is 3.14. The van der Waals surface area contributed by atoms with E-state index >= 15 is 0 Å². The molecule has 1 N–H and O–H groups in total. The molecule has 92 valence electrons. The van der Waals surface area contributed by atoms with Crippen LogP contribution >= 0.6 is 0 Å². The summed E-state index contributed by atoms with van der Waals surface area (Å²) >= 11 is 0. The molecule has 1 aromatic carbocycles. The summed E-state index contributed by atoms with van der Waals surface area (Å²) in [6, 6.07) is 9.32. The normalized spacial score (nSPS) is 29.2. The predicted octanol–water partition coefficient (Wildman–Crippen LogP) is 1.55. The molecule has 1 saturated heterocycles. The summed E-state index contributed by atoms with van der Waals surface area (Å²) in [7, 11) is 1.82. The minimum Gasteiger partial charge on any atom is -0.380 e. The van der Waals surface area contributed by atoms with Gasteiger partial charge in [-0.15, -0.1) is 0 Å². The summed E-state index contributed by atoms with van der Waals surface area (Å²) < 4.78 is 5.46. The van der Waals surface area contributed by atoms with E-state index in [0.29, 0.717) is 12.1 Å². The first kappa shape index (κ1) is 11.2. The van der Waals surface area contributed by atoms with Gasteiger partial charge in [-0.25, -0.2) is 0 Å². The lowest BCUT2D eigenvalue weighted by Gasteiger charge is -2.33. The van der Waals surface area contributed by atoms with Crippen LogP contribution in [-0.4, -0.2) is 37.7 Å². The SMILES string of the molecule is COC1CCN(C2CNCc3ccccc32)C1. The van der Waals surface area contributed by atoms with Gasteiger partial charge in [0.1, 0.15) is 0 Å². The van der Waals surface area contributed by atoms with Crippen molar-refractivity contribution in [3.05, 3.63) is 35.4 Å². The summed E-state index contributed by atoms with van der Waals surface area (Å²) in [4.78, 5) is 2.55. The fourth-order valence-corrected chi connectivity index (χ4v) is 3.03. The smallest absolute Gasteiger partial charge is 0.0710 e. The maximum Gasteiger partial charge on any atom is 0.0710 e. The van der Waals surface area contributed by atoms with Crippen molar-refractivity contribution in [2.24, 2.45) is 0 Å². The van der Waals surface area contributed by atoms with Gasteiger partial charge in [-0.05, 0) is 17.5 Å². The standard InChI is InChI=1S/C14H20N2O/c1-17-12-6-7-16(10-12)14-9-15-8-11-4-2-3-5-13(11)14/h2-5,12,14-15H,6-10H2,1H3. The largest absolute Gasteiger partial charge is 0.380 e. The first-order valence-corrected chi connectivity index (χ1v) is 6.44. The fraction of sp³-hybridized carbons (Fsp3) is 0.571. The second-order valence-corrected chi connectivity index (χ2v) is 4.99. The van der Waals surface area contributed by atoms with E-state index in [1.165, 1.54) is 11.1 Å². The quantitative estimate of drug-likeness (QED) is 0.837. The zero-order chi connectivity index (χ0) is 11.7. The van der Waals surface area contributed by atoms with Gasteiger partial charge < -0.3 is 10.1 Å². The summed E-state index contributed by atoms with van der Waals surface area (Å²) in [6.07, 6.45) is 1.58. The van der Waals surface area contributed by atoms with Gasteiger partial charge in [0.25, 0.3) is 0 Å². The number of nitrogens with zero attached hydrogens (tertiary/aromatic N) is 1. The van der Waals surface area contributed by atoms with E-state index in [-0.39, 0.29) is 0 Å². The highest BCUT2D eigenvalue weighted by Crippen LogP contribution is 2.30. The molecule has 3 nitrogen and oxygen atoms in total. The molecule has 3 rings (SSSR count). The van der Waals surface area contributed by atoms with Crippen molar-refractivity contribution in [2.75, 3.05) is 26.7 Å². The summed E-state index contributed by atoms with van der Waals surface area (Å²) in [6.45, 7) is 4.29. The van der Waals surface area contributed by atoms with Crippen molar-refractivity contribution in [3.63, 3.8) is 0 Å². The number of methoxy groups -OCH3 is 1. The molecule has 1 aromatic rings. The molecule has 0 radical (unpaired) electrons. The van der Waals surface area contributed by atoms with Crippen molar-refractivity contribution in [1.82, 2.24) is 10.2 Å². The van der Waals surface area contributed by atoms with Crippen molar-refractivity contribution >= 4 is 0 Å². The molecule has 0 saturated carbocycles. The van der Waals surface area contributed by atoms with E-state index < -0.39 is 0 Å². The average Bonchev–Trinajstić information content (AvgIpc) is 2.87. The molecule has 0 spiro atoms. The van der Waals surface area contributed by atoms with Crippen LogP contribution in [0.1, 0.15) is 23.6 Å². The lowest BCUT2D eigenvalue weighted by atomic mass is 9.96. The van der Waals surface area contributed by atoms with Gasteiger partial charge in [0.2, 0.25) is 0 Å². The molecule has 0 aromatic heterocycles. The molecular weight excluding hydrogens is 212 g/mol. The number of fused-ring (bicyclic) bond motifs is 1. The topological polar surface area (TPSA) is 24.5 Å². The second kappa shape index (κ2) is 4.77. The summed E-state index contributed by atoms with van der Waals surface area (Å²) in [5.74, 6) is 0. The molecule has 2 atom stereocenters. The number of hydrogen-bond acceptors (Lipinski definition) is 3. The third kappa shape index (κ3) is 2.10. The van der Waals surface area contributed by atoms with Crippen LogP contribution in [0.4, 0.5) is 0 Å². The number of ether oxygens (including phenoxy) is 1. The van der Waals surface area contributed by atoms with E-state index in [4.69, 9.17) is 4.74 Å². The predicted molar refractivity (Wildman–Crippen MR) is 67.9 cm³/mol. The van der Waals surface area contributed by atoms with E-state index in [1.807, 2.05) is 7.11 Å². The Labute approximate surface area is 103 Å². The van der Waals surface area contributed by atoms with Crippen molar-refractivity contribution in [1.29, 1.82) is 0 Å². The van der Waals surface area contributed by atoms with Crippen LogP contribution < -0.4 is 5.32 Å². The molecule has 2 heterocycles. The van der Waals surface area contributed by atoms with E-state index in [0.717, 1.165) is 32.6 Å².